The van der Waals surface area contributed by atoms with Gasteiger partial charge in [0.15, 0.2) is 0 Å². The number of hydrogen-bond donors (Lipinski definition) is 2. The number of carboxylic acid groups (broad SMARTS) is 1. The molecule has 0 spiro atoms. The van der Waals surface area contributed by atoms with Crippen molar-refractivity contribution in [1.29, 1.82) is 0 Å². The van der Waals surface area contributed by atoms with Crippen molar-refractivity contribution < 1.29 is 9.90 Å². The van der Waals surface area contributed by atoms with Gasteiger partial charge in [-0.2, -0.15) is 0 Å². The first-order valence-corrected chi connectivity index (χ1v) is 6.11. The number of aryl methyl sites for hydroxylation is 1. The van der Waals surface area contributed by atoms with Gasteiger partial charge >= 0.3 is 5.97 Å². The highest BCUT2D eigenvalue weighted by Crippen LogP contribution is 2.30. The second kappa shape index (κ2) is 4.55. The van der Waals surface area contributed by atoms with Crippen LogP contribution in [0.5, 0.6) is 0 Å². The molecular formula is C12H14BrNO2. The van der Waals surface area contributed by atoms with Crippen LogP contribution in [0.2, 0.25) is 0 Å². The first kappa shape index (κ1) is 11.6. The maximum absolute atomic E-state index is 11.1. The summed E-state index contributed by atoms with van der Waals surface area (Å²) < 4.78 is 1.04. The summed E-state index contributed by atoms with van der Waals surface area (Å²) in [7, 11) is 0. The summed E-state index contributed by atoms with van der Waals surface area (Å²) in [5.74, 6) is -0.686. The fraction of sp³-hybridized carbons (Fsp3) is 0.417. The van der Waals surface area contributed by atoms with Gasteiger partial charge in [-0.05, 0) is 37.1 Å². The van der Waals surface area contributed by atoms with Gasteiger partial charge in [-0.1, -0.05) is 28.1 Å². The molecule has 2 atom stereocenters. The highest BCUT2D eigenvalue weighted by Gasteiger charge is 2.33. The average molecular weight is 284 g/mol. The third-order valence-corrected chi connectivity index (χ3v) is 3.97. The average Bonchev–Trinajstić information content (AvgIpc) is 2.71. The Bertz CT molecular complexity index is 419. The molecule has 0 radical (unpaired) electrons. The highest BCUT2D eigenvalue weighted by molar-refractivity contribution is 9.10. The van der Waals surface area contributed by atoms with Gasteiger partial charge in [0.1, 0.15) is 6.04 Å². The quantitative estimate of drug-likeness (QED) is 0.876. The Morgan fingerprint density at radius 2 is 2.31 bits per heavy atom. The molecular weight excluding hydrogens is 270 g/mol. The van der Waals surface area contributed by atoms with Crippen molar-refractivity contribution in [3.8, 4) is 0 Å². The summed E-state index contributed by atoms with van der Waals surface area (Å²) in [5, 5.41) is 12.1. The van der Waals surface area contributed by atoms with Crippen LogP contribution in [0.1, 0.15) is 23.5 Å². The zero-order valence-electron chi connectivity index (χ0n) is 9.03. The van der Waals surface area contributed by atoms with Crippen molar-refractivity contribution in [3.05, 3.63) is 33.8 Å². The number of carboxylic acids is 1. The summed E-state index contributed by atoms with van der Waals surface area (Å²) >= 11 is 3.48. The van der Waals surface area contributed by atoms with Crippen LogP contribution >= 0.6 is 15.9 Å². The van der Waals surface area contributed by atoms with Crippen LogP contribution < -0.4 is 5.32 Å². The minimum Gasteiger partial charge on any atom is -0.480 e. The molecule has 1 aliphatic heterocycles. The molecule has 0 aliphatic carbocycles. The molecule has 16 heavy (non-hydrogen) atoms. The van der Waals surface area contributed by atoms with Crippen molar-refractivity contribution in [2.24, 2.45) is 0 Å². The lowest BCUT2D eigenvalue weighted by atomic mass is 9.91. The Hall–Kier alpha value is -0.870. The molecule has 86 valence electrons. The zero-order chi connectivity index (χ0) is 11.7. The molecule has 1 aliphatic rings. The highest BCUT2D eigenvalue weighted by atomic mass is 79.9. The molecule has 1 aromatic rings. The number of hydrogen-bond acceptors (Lipinski definition) is 2. The fourth-order valence-corrected chi connectivity index (χ4v) is 2.56. The van der Waals surface area contributed by atoms with Crippen molar-refractivity contribution in [3.63, 3.8) is 0 Å². The topological polar surface area (TPSA) is 49.3 Å². The van der Waals surface area contributed by atoms with E-state index in [0.717, 1.165) is 23.0 Å². The maximum atomic E-state index is 11.1. The van der Waals surface area contributed by atoms with Gasteiger partial charge in [0.25, 0.3) is 0 Å². The van der Waals surface area contributed by atoms with E-state index in [4.69, 9.17) is 5.11 Å². The van der Waals surface area contributed by atoms with Gasteiger partial charge in [0.2, 0.25) is 0 Å². The lowest BCUT2D eigenvalue weighted by molar-refractivity contribution is -0.139. The van der Waals surface area contributed by atoms with Crippen molar-refractivity contribution in [2.75, 3.05) is 6.54 Å². The Kier molecular flexibility index (Phi) is 3.30. The van der Waals surface area contributed by atoms with Gasteiger partial charge in [-0.15, -0.1) is 0 Å². The van der Waals surface area contributed by atoms with Crippen molar-refractivity contribution in [1.82, 2.24) is 5.32 Å². The summed E-state index contributed by atoms with van der Waals surface area (Å²) in [5.41, 5.74) is 2.26. The molecule has 1 saturated heterocycles. The predicted molar refractivity (Wildman–Crippen MR) is 65.7 cm³/mol. The second-order valence-electron chi connectivity index (χ2n) is 4.17. The number of nitrogens with one attached hydrogen (secondary N) is 1. The number of halogens is 1. The van der Waals surface area contributed by atoms with Crippen LogP contribution in [0, 0.1) is 6.92 Å². The van der Waals surface area contributed by atoms with E-state index < -0.39 is 12.0 Å². The van der Waals surface area contributed by atoms with Crippen LogP contribution in [0.25, 0.3) is 0 Å². The van der Waals surface area contributed by atoms with E-state index in [-0.39, 0.29) is 5.92 Å². The summed E-state index contributed by atoms with van der Waals surface area (Å²) in [6.07, 6.45) is 0.881. The van der Waals surface area contributed by atoms with Crippen LogP contribution in [0.4, 0.5) is 0 Å². The number of aliphatic carboxylic acids is 1. The van der Waals surface area contributed by atoms with Crippen molar-refractivity contribution >= 4 is 21.9 Å². The molecule has 1 heterocycles. The lowest BCUT2D eigenvalue weighted by Gasteiger charge is -2.16. The third kappa shape index (κ3) is 2.13. The molecule has 3 nitrogen and oxygen atoms in total. The van der Waals surface area contributed by atoms with Crippen LogP contribution in [0.3, 0.4) is 0 Å². The molecule has 0 aromatic heterocycles. The van der Waals surface area contributed by atoms with E-state index >= 15 is 0 Å². The van der Waals surface area contributed by atoms with Crippen LogP contribution in [-0.4, -0.2) is 23.7 Å². The van der Waals surface area contributed by atoms with Crippen LogP contribution in [0.15, 0.2) is 22.7 Å². The summed E-state index contributed by atoms with van der Waals surface area (Å²) in [4.78, 5) is 11.1. The maximum Gasteiger partial charge on any atom is 0.321 e. The minimum absolute atomic E-state index is 0.0781. The normalized spacial score (nSPS) is 24.6. The SMILES string of the molecule is Cc1ccc(C2CCNC2C(=O)O)cc1Br. The lowest BCUT2D eigenvalue weighted by Crippen LogP contribution is -2.34. The van der Waals surface area contributed by atoms with E-state index in [1.165, 1.54) is 5.56 Å². The molecule has 2 unspecified atom stereocenters. The van der Waals surface area contributed by atoms with E-state index in [1.54, 1.807) is 0 Å². The smallest absolute Gasteiger partial charge is 0.321 e. The molecule has 1 fully saturated rings. The van der Waals surface area contributed by atoms with E-state index in [1.807, 2.05) is 25.1 Å². The van der Waals surface area contributed by atoms with E-state index in [2.05, 4.69) is 21.2 Å². The van der Waals surface area contributed by atoms with Gasteiger partial charge < -0.3 is 10.4 Å². The van der Waals surface area contributed by atoms with Gasteiger partial charge in [-0.25, -0.2) is 0 Å². The second-order valence-corrected chi connectivity index (χ2v) is 5.03. The standard InChI is InChI=1S/C12H14BrNO2/c1-7-2-3-8(6-10(7)13)9-4-5-14-11(9)12(15)16/h2-3,6,9,11,14H,4-5H2,1H3,(H,15,16). The molecule has 2 rings (SSSR count). The number of carbonyl (C=O) groups is 1. The zero-order valence-corrected chi connectivity index (χ0v) is 10.6. The molecule has 0 amide bonds. The van der Waals surface area contributed by atoms with Gasteiger partial charge in [0.05, 0.1) is 0 Å². The van der Waals surface area contributed by atoms with E-state index in [9.17, 15) is 4.79 Å². The van der Waals surface area contributed by atoms with Crippen LogP contribution in [-0.2, 0) is 4.79 Å². The Labute approximate surface area is 103 Å². The van der Waals surface area contributed by atoms with Crippen molar-refractivity contribution in [2.45, 2.75) is 25.3 Å². The van der Waals surface area contributed by atoms with Gasteiger partial charge in [-0.3, -0.25) is 4.79 Å². The molecule has 0 saturated carbocycles. The Morgan fingerprint density at radius 3 is 2.94 bits per heavy atom. The first-order chi connectivity index (χ1) is 7.59. The monoisotopic (exact) mass is 283 g/mol. The third-order valence-electron chi connectivity index (χ3n) is 3.11. The molecule has 0 bridgehead atoms. The number of benzene rings is 1. The summed E-state index contributed by atoms with van der Waals surface area (Å²) in [6.45, 7) is 2.79. The van der Waals surface area contributed by atoms with E-state index in [0.29, 0.717) is 0 Å². The molecule has 4 heteroatoms. The first-order valence-electron chi connectivity index (χ1n) is 5.32. The largest absolute Gasteiger partial charge is 0.480 e. The molecule has 2 N–H and O–H groups in total. The predicted octanol–water partition coefficient (Wildman–Crippen LogP) is 2.29. The number of rotatable bonds is 2. The Morgan fingerprint density at radius 1 is 1.56 bits per heavy atom. The summed E-state index contributed by atoms with van der Waals surface area (Å²) in [6, 6.07) is 5.63. The minimum atomic E-state index is -0.765. The fourth-order valence-electron chi connectivity index (χ4n) is 2.16. The van der Waals surface area contributed by atoms with Gasteiger partial charge in [0, 0.05) is 10.4 Å². The Balaban J connectivity index is 2.29. The molecule has 1 aromatic carbocycles.